The molecule has 1 aliphatic carbocycles. The van der Waals surface area contributed by atoms with E-state index in [2.05, 4.69) is 29.0 Å². The number of benzene rings is 1. The van der Waals surface area contributed by atoms with Crippen molar-refractivity contribution in [2.24, 2.45) is 27.0 Å². The molecule has 2 atom stereocenters. The van der Waals surface area contributed by atoms with E-state index in [0.717, 1.165) is 12.8 Å². The van der Waals surface area contributed by atoms with Crippen molar-refractivity contribution >= 4 is 17.5 Å². The zero-order valence-electron chi connectivity index (χ0n) is 22.5. The Bertz CT molecular complexity index is 1060. The first-order valence-electron chi connectivity index (χ1n) is 13.4. The van der Waals surface area contributed by atoms with E-state index in [0.29, 0.717) is 58.8 Å². The van der Waals surface area contributed by atoms with Gasteiger partial charge in [0.2, 0.25) is 11.8 Å². The van der Waals surface area contributed by atoms with E-state index in [4.69, 9.17) is 0 Å². The van der Waals surface area contributed by atoms with Crippen molar-refractivity contribution < 1.29 is 18.4 Å². The Labute approximate surface area is 218 Å². The van der Waals surface area contributed by atoms with E-state index in [1.807, 2.05) is 22.8 Å². The summed E-state index contributed by atoms with van der Waals surface area (Å²) in [6.45, 7) is 12.6. The van der Waals surface area contributed by atoms with E-state index in [1.165, 1.54) is 18.2 Å². The number of likely N-dealkylation sites (N-methyl/N-ethyl adjacent to an activating group) is 1. The maximum absolute atomic E-state index is 14.5. The van der Waals surface area contributed by atoms with Crippen molar-refractivity contribution in [2.45, 2.75) is 47.0 Å². The fourth-order valence-electron chi connectivity index (χ4n) is 6.28. The van der Waals surface area contributed by atoms with Crippen molar-refractivity contribution in [3.63, 3.8) is 0 Å². The number of allylic oxidation sites excluding steroid dienone is 1. The first-order chi connectivity index (χ1) is 17.6. The molecule has 1 saturated heterocycles. The highest BCUT2D eigenvalue weighted by atomic mass is 19.1. The zero-order valence-corrected chi connectivity index (χ0v) is 22.5. The van der Waals surface area contributed by atoms with Crippen molar-refractivity contribution in [3.8, 4) is 0 Å². The summed E-state index contributed by atoms with van der Waals surface area (Å²) in [5.74, 6) is -0.847. The summed E-state index contributed by atoms with van der Waals surface area (Å²) in [6.07, 6.45) is 4.35. The highest BCUT2D eigenvalue weighted by Gasteiger charge is 2.55. The molecule has 2 bridgehead atoms. The van der Waals surface area contributed by atoms with Gasteiger partial charge in [0.05, 0.1) is 24.4 Å². The summed E-state index contributed by atoms with van der Waals surface area (Å²) < 4.78 is 29.0. The molecule has 7 nitrogen and oxygen atoms in total. The third kappa shape index (κ3) is 5.47. The minimum Gasteiger partial charge on any atom is -0.341 e. The third-order valence-corrected chi connectivity index (χ3v) is 9.13. The number of amides is 2. The van der Waals surface area contributed by atoms with Crippen molar-refractivity contribution in [1.82, 2.24) is 14.7 Å². The average molecular weight is 516 g/mol. The molecule has 1 saturated carbocycles. The van der Waals surface area contributed by atoms with Gasteiger partial charge in [-0.15, -0.1) is 0 Å². The molecule has 9 heteroatoms. The van der Waals surface area contributed by atoms with E-state index >= 15 is 0 Å². The van der Waals surface area contributed by atoms with Crippen LogP contribution >= 0.6 is 0 Å². The van der Waals surface area contributed by atoms with Crippen LogP contribution in [-0.4, -0.2) is 78.9 Å². The van der Waals surface area contributed by atoms with Gasteiger partial charge in [-0.25, -0.2) is 8.78 Å². The molecule has 37 heavy (non-hydrogen) atoms. The zero-order chi connectivity index (χ0) is 26.8. The number of azo groups is 1. The van der Waals surface area contributed by atoms with Crippen molar-refractivity contribution in [1.29, 1.82) is 0 Å². The summed E-state index contributed by atoms with van der Waals surface area (Å²) in [5, 5.41) is 8.82. The number of carbonyl (C=O) groups excluding carboxylic acids is 2. The Hall–Kier alpha value is -2.68. The number of fused-ring (bicyclic) bond motifs is 2. The number of rotatable bonds is 6. The van der Waals surface area contributed by atoms with Gasteiger partial charge in [0, 0.05) is 51.6 Å². The van der Waals surface area contributed by atoms with Gasteiger partial charge in [0.15, 0.2) is 0 Å². The summed E-state index contributed by atoms with van der Waals surface area (Å²) in [5.41, 5.74) is -0.322. The van der Waals surface area contributed by atoms with Crippen molar-refractivity contribution in [3.05, 3.63) is 41.5 Å². The normalized spacial score (nSPS) is 28.0. The molecule has 202 valence electrons. The quantitative estimate of drug-likeness (QED) is 0.556. The average Bonchev–Trinajstić information content (AvgIpc) is 3.12. The molecule has 0 unspecified atom stereocenters. The summed E-state index contributed by atoms with van der Waals surface area (Å²) >= 11 is 0. The molecule has 1 aromatic carbocycles. The maximum atomic E-state index is 14.5. The molecule has 1 aromatic rings. The fourth-order valence-corrected chi connectivity index (χ4v) is 6.28. The van der Waals surface area contributed by atoms with Crippen LogP contribution in [0.1, 0.15) is 52.5 Å². The van der Waals surface area contributed by atoms with Crippen LogP contribution in [0.2, 0.25) is 0 Å². The predicted molar refractivity (Wildman–Crippen MR) is 139 cm³/mol. The molecule has 3 aliphatic rings. The van der Waals surface area contributed by atoms with Gasteiger partial charge in [-0.1, -0.05) is 26.0 Å². The lowest BCUT2D eigenvalue weighted by Gasteiger charge is -2.46. The molecule has 0 spiro atoms. The van der Waals surface area contributed by atoms with Crippen LogP contribution in [0, 0.1) is 28.4 Å². The van der Waals surface area contributed by atoms with Gasteiger partial charge in [0.1, 0.15) is 11.6 Å². The maximum Gasteiger partial charge on any atom is 0.236 e. The van der Waals surface area contributed by atoms with Crippen molar-refractivity contribution in [2.75, 3.05) is 52.4 Å². The Kier molecular flexibility index (Phi) is 8.11. The van der Waals surface area contributed by atoms with Crippen LogP contribution in [0.3, 0.4) is 0 Å². The van der Waals surface area contributed by atoms with Gasteiger partial charge in [-0.3, -0.25) is 14.5 Å². The number of halogens is 2. The topological polar surface area (TPSA) is 68.6 Å². The van der Waals surface area contributed by atoms with E-state index in [-0.39, 0.29) is 39.8 Å². The lowest BCUT2D eigenvalue weighted by atomic mass is 9.63. The number of nitrogens with zero attached hydrogens (tertiary/aromatic N) is 5. The highest BCUT2D eigenvalue weighted by Crippen LogP contribution is 2.58. The molecule has 2 heterocycles. The Balaban J connectivity index is 1.51. The largest absolute Gasteiger partial charge is 0.341 e. The standard InChI is InChI=1S/C28H39F2N5O2/c1-5-34(25(37)17-33-13-15-35(16-14-33)20(2)36)19-28-12-11-21(27(28,3)4)9-10-24(32-31-18-28)26-22(29)7-6-8-23(26)30/h6-8,10,21H,5,9,11-19H2,1-4H3/b24-10-,32-31-/t21-,28-/m1/s1. The molecule has 2 fully saturated rings. The van der Waals surface area contributed by atoms with Gasteiger partial charge in [0.25, 0.3) is 0 Å². The van der Waals surface area contributed by atoms with Crippen LogP contribution in [0.5, 0.6) is 0 Å². The second kappa shape index (κ2) is 11.0. The van der Waals surface area contributed by atoms with Gasteiger partial charge in [-0.05, 0) is 49.7 Å². The SMILES string of the molecule is CCN(C[C@@]12CC[C@@H](C/C=C(c3c(F)cccc3F)\N=N/C1)C2(C)C)C(=O)CN1CCN(C(C)=O)CC1. The monoisotopic (exact) mass is 515 g/mol. The minimum absolute atomic E-state index is 0.0723. The smallest absolute Gasteiger partial charge is 0.236 e. The lowest BCUT2D eigenvalue weighted by Crippen LogP contribution is -2.53. The second-order valence-electron chi connectivity index (χ2n) is 11.2. The number of hydrogen-bond donors (Lipinski definition) is 0. The molecular formula is C28H39F2N5O2. The van der Waals surface area contributed by atoms with Gasteiger partial charge >= 0.3 is 0 Å². The van der Waals surface area contributed by atoms with E-state index < -0.39 is 11.6 Å². The second-order valence-corrected chi connectivity index (χ2v) is 11.2. The third-order valence-electron chi connectivity index (χ3n) is 9.13. The number of carbonyl (C=O) groups is 2. The first-order valence-corrected chi connectivity index (χ1v) is 13.4. The molecule has 2 aliphatic heterocycles. The number of hydrogen-bond acceptors (Lipinski definition) is 5. The van der Waals surface area contributed by atoms with Gasteiger partial charge in [-0.2, -0.15) is 10.2 Å². The summed E-state index contributed by atoms with van der Waals surface area (Å²) in [6, 6.07) is 3.83. The van der Waals surface area contributed by atoms with Gasteiger partial charge < -0.3 is 9.80 Å². The Morgan fingerprint density at radius 3 is 2.43 bits per heavy atom. The molecule has 0 radical (unpaired) electrons. The molecular weight excluding hydrogens is 476 g/mol. The lowest BCUT2D eigenvalue weighted by molar-refractivity contribution is -0.136. The summed E-state index contributed by atoms with van der Waals surface area (Å²) in [7, 11) is 0. The predicted octanol–water partition coefficient (Wildman–Crippen LogP) is 4.60. The fraction of sp³-hybridized carbons (Fsp3) is 0.643. The van der Waals surface area contributed by atoms with Crippen LogP contribution in [0.25, 0.3) is 5.70 Å². The minimum atomic E-state index is -0.643. The molecule has 0 aromatic heterocycles. The molecule has 2 amide bonds. The van der Waals surface area contributed by atoms with Crippen LogP contribution in [-0.2, 0) is 9.59 Å². The Morgan fingerprint density at radius 1 is 1.14 bits per heavy atom. The molecule has 0 N–H and O–H groups in total. The highest BCUT2D eigenvalue weighted by molar-refractivity contribution is 5.78. The number of piperazine rings is 1. The summed E-state index contributed by atoms with van der Waals surface area (Å²) in [4.78, 5) is 30.9. The van der Waals surface area contributed by atoms with Crippen LogP contribution < -0.4 is 0 Å². The van der Waals surface area contributed by atoms with Crippen LogP contribution in [0.15, 0.2) is 34.5 Å². The van der Waals surface area contributed by atoms with E-state index in [1.54, 1.807) is 6.92 Å². The first kappa shape index (κ1) is 27.4. The van der Waals surface area contributed by atoms with Crippen LogP contribution in [0.4, 0.5) is 8.78 Å². The molecule has 4 rings (SSSR count). The Morgan fingerprint density at radius 2 is 1.81 bits per heavy atom. The van der Waals surface area contributed by atoms with E-state index in [9.17, 15) is 18.4 Å².